The Kier molecular flexibility index (Phi) is 4.59. The molecular formula is C9H17NO2S. The summed E-state index contributed by atoms with van der Waals surface area (Å²) in [6.07, 6.45) is 3.07. The van der Waals surface area contributed by atoms with Gasteiger partial charge in [0, 0.05) is 12.8 Å². The molecule has 1 N–H and O–H groups in total. The van der Waals surface area contributed by atoms with E-state index in [1.54, 1.807) is 18.8 Å². The van der Waals surface area contributed by atoms with Crippen molar-refractivity contribution in [1.82, 2.24) is 5.32 Å². The largest absolute Gasteiger partial charge is 0.374 e. The highest BCUT2D eigenvalue weighted by atomic mass is 32.2. The van der Waals surface area contributed by atoms with Crippen molar-refractivity contribution >= 4 is 17.7 Å². The molecule has 1 aliphatic heterocycles. The minimum Gasteiger partial charge on any atom is -0.374 e. The van der Waals surface area contributed by atoms with Gasteiger partial charge in [-0.25, -0.2) is 0 Å². The van der Waals surface area contributed by atoms with Crippen molar-refractivity contribution in [3.63, 3.8) is 0 Å². The maximum Gasteiger partial charge on any atom is 0.229 e. The summed E-state index contributed by atoms with van der Waals surface area (Å²) in [5, 5.41) is 2.60. The van der Waals surface area contributed by atoms with E-state index in [-0.39, 0.29) is 5.91 Å². The summed E-state index contributed by atoms with van der Waals surface area (Å²) in [5.74, 6) is 1.58. The first-order valence-electron chi connectivity index (χ1n) is 4.66. The Balaban J connectivity index is 2.03. The van der Waals surface area contributed by atoms with Crippen LogP contribution in [-0.4, -0.2) is 36.7 Å². The van der Waals surface area contributed by atoms with Gasteiger partial charge < -0.3 is 10.1 Å². The van der Waals surface area contributed by atoms with Crippen LogP contribution in [0.1, 0.15) is 19.8 Å². The highest BCUT2D eigenvalue weighted by molar-refractivity contribution is 7.99. The quantitative estimate of drug-likeness (QED) is 0.741. The van der Waals surface area contributed by atoms with E-state index >= 15 is 0 Å². The third-order valence-electron chi connectivity index (χ3n) is 2.14. The number of rotatable bonds is 4. The van der Waals surface area contributed by atoms with Gasteiger partial charge in [0.1, 0.15) is 0 Å². The van der Waals surface area contributed by atoms with Crippen molar-refractivity contribution < 1.29 is 9.53 Å². The molecule has 1 fully saturated rings. The Morgan fingerprint density at radius 2 is 2.38 bits per heavy atom. The predicted octanol–water partition coefficient (Wildman–Crippen LogP) is 1.03. The molecule has 1 heterocycles. The molecule has 0 bridgehead atoms. The predicted molar refractivity (Wildman–Crippen MR) is 55.0 cm³/mol. The van der Waals surface area contributed by atoms with Crippen molar-refractivity contribution in [2.24, 2.45) is 0 Å². The van der Waals surface area contributed by atoms with E-state index in [1.165, 1.54) is 0 Å². The fraction of sp³-hybridized carbons (Fsp3) is 0.889. The lowest BCUT2D eigenvalue weighted by Gasteiger charge is -2.09. The summed E-state index contributed by atoms with van der Waals surface area (Å²) in [6.45, 7) is 2.10. The number of hydrogen-bond acceptors (Lipinski definition) is 3. The van der Waals surface area contributed by atoms with Gasteiger partial charge in [-0.15, -0.1) is 11.8 Å². The van der Waals surface area contributed by atoms with E-state index in [0.29, 0.717) is 18.0 Å². The first-order chi connectivity index (χ1) is 6.22. The van der Waals surface area contributed by atoms with Gasteiger partial charge in [0.25, 0.3) is 0 Å². The van der Waals surface area contributed by atoms with Crippen LogP contribution in [0.2, 0.25) is 0 Å². The molecule has 0 aliphatic carbocycles. The van der Waals surface area contributed by atoms with Crippen LogP contribution in [0, 0.1) is 0 Å². The van der Waals surface area contributed by atoms with Crippen LogP contribution in [0.25, 0.3) is 0 Å². The van der Waals surface area contributed by atoms with Gasteiger partial charge in [-0.05, 0) is 19.8 Å². The van der Waals surface area contributed by atoms with Crippen molar-refractivity contribution in [3.8, 4) is 0 Å². The molecule has 1 saturated heterocycles. The Hall–Kier alpha value is -0.220. The third kappa shape index (κ3) is 4.00. The zero-order chi connectivity index (χ0) is 9.68. The van der Waals surface area contributed by atoms with Gasteiger partial charge in [-0.3, -0.25) is 4.79 Å². The lowest BCUT2D eigenvalue weighted by Crippen LogP contribution is -2.21. The zero-order valence-corrected chi connectivity index (χ0v) is 9.02. The molecule has 76 valence electrons. The molecule has 4 heteroatoms. The number of nitrogens with one attached hydrogen (secondary N) is 1. The van der Waals surface area contributed by atoms with Crippen LogP contribution >= 0.6 is 11.8 Å². The number of ether oxygens (including phenoxy) is 1. The van der Waals surface area contributed by atoms with Gasteiger partial charge >= 0.3 is 0 Å². The minimum atomic E-state index is 0.0936. The molecule has 0 aromatic rings. The van der Waals surface area contributed by atoms with E-state index in [9.17, 15) is 4.79 Å². The van der Waals surface area contributed by atoms with E-state index in [1.807, 2.05) is 0 Å². The first kappa shape index (κ1) is 10.9. The standard InChI is InChI=1S/C9H17NO2S/c1-7-3-4-8(12-7)5-13-6-9(11)10-2/h7-8H,3-6H2,1-2H3,(H,10,11)/t7-,8-/m1/s1. The Bertz CT molecular complexity index is 175. The van der Waals surface area contributed by atoms with Crippen LogP contribution in [0.15, 0.2) is 0 Å². The molecule has 2 atom stereocenters. The first-order valence-corrected chi connectivity index (χ1v) is 5.81. The molecule has 0 aromatic carbocycles. The molecule has 0 radical (unpaired) electrons. The van der Waals surface area contributed by atoms with Crippen LogP contribution in [0.3, 0.4) is 0 Å². The summed E-state index contributed by atoms with van der Waals surface area (Å²) >= 11 is 1.65. The topological polar surface area (TPSA) is 38.3 Å². The Morgan fingerprint density at radius 1 is 1.62 bits per heavy atom. The molecule has 13 heavy (non-hydrogen) atoms. The summed E-state index contributed by atoms with van der Waals surface area (Å²) in [6, 6.07) is 0. The second-order valence-corrected chi connectivity index (χ2v) is 4.36. The number of carbonyl (C=O) groups is 1. The molecule has 1 amide bonds. The molecule has 0 saturated carbocycles. The molecule has 0 aromatic heterocycles. The lowest BCUT2D eigenvalue weighted by molar-refractivity contribution is -0.118. The fourth-order valence-corrected chi connectivity index (χ4v) is 2.32. The summed E-state index contributed by atoms with van der Waals surface area (Å²) in [4.78, 5) is 10.9. The lowest BCUT2D eigenvalue weighted by atomic mass is 10.2. The van der Waals surface area contributed by atoms with Crippen LogP contribution in [-0.2, 0) is 9.53 Å². The van der Waals surface area contributed by atoms with Gasteiger partial charge in [-0.1, -0.05) is 0 Å². The second kappa shape index (κ2) is 5.50. The second-order valence-electron chi connectivity index (χ2n) is 3.33. The number of amides is 1. The highest BCUT2D eigenvalue weighted by Crippen LogP contribution is 2.21. The zero-order valence-electron chi connectivity index (χ0n) is 8.21. The van der Waals surface area contributed by atoms with Crippen molar-refractivity contribution in [1.29, 1.82) is 0 Å². The molecule has 1 aliphatic rings. The average Bonchev–Trinajstić information content (AvgIpc) is 2.51. The molecule has 0 unspecified atom stereocenters. The number of carbonyl (C=O) groups excluding carboxylic acids is 1. The number of hydrogen-bond donors (Lipinski definition) is 1. The summed E-state index contributed by atoms with van der Waals surface area (Å²) < 4.78 is 5.62. The van der Waals surface area contributed by atoms with Gasteiger partial charge in [0.15, 0.2) is 0 Å². The fourth-order valence-electron chi connectivity index (χ4n) is 1.36. The molecule has 0 spiro atoms. The Morgan fingerprint density at radius 3 is 2.92 bits per heavy atom. The highest BCUT2D eigenvalue weighted by Gasteiger charge is 2.21. The van der Waals surface area contributed by atoms with Crippen molar-refractivity contribution in [2.45, 2.75) is 32.0 Å². The third-order valence-corrected chi connectivity index (χ3v) is 3.21. The van der Waals surface area contributed by atoms with Gasteiger partial charge in [-0.2, -0.15) is 0 Å². The monoisotopic (exact) mass is 203 g/mol. The van der Waals surface area contributed by atoms with E-state index < -0.39 is 0 Å². The van der Waals surface area contributed by atoms with Crippen LogP contribution < -0.4 is 5.32 Å². The van der Waals surface area contributed by atoms with Gasteiger partial charge in [0.2, 0.25) is 5.91 Å². The molecular weight excluding hydrogens is 186 g/mol. The van der Waals surface area contributed by atoms with Crippen LogP contribution in [0.4, 0.5) is 0 Å². The average molecular weight is 203 g/mol. The molecule has 3 nitrogen and oxygen atoms in total. The Labute approximate surface area is 83.6 Å². The maximum absolute atomic E-state index is 10.9. The number of thioether (sulfide) groups is 1. The summed E-state index contributed by atoms with van der Waals surface area (Å²) in [5.41, 5.74) is 0. The smallest absolute Gasteiger partial charge is 0.229 e. The van der Waals surface area contributed by atoms with Crippen molar-refractivity contribution in [3.05, 3.63) is 0 Å². The van der Waals surface area contributed by atoms with E-state index in [2.05, 4.69) is 12.2 Å². The van der Waals surface area contributed by atoms with Crippen molar-refractivity contribution in [2.75, 3.05) is 18.6 Å². The minimum absolute atomic E-state index is 0.0936. The summed E-state index contributed by atoms with van der Waals surface area (Å²) in [7, 11) is 1.66. The SMILES string of the molecule is CNC(=O)CSC[C@H]1CC[C@@H](C)O1. The molecule has 1 rings (SSSR count). The normalized spacial score (nSPS) is 27.5. The van der Waals surface area contributed by atoms with Crippen LogP contribution in [0.5, 0.6) is 0 Å². The maximum atomic E-state index is 10.9. The van der Waals surface area contributed by atoms with E-state index in [0.717, 1.165) is 18.6 Å². The van der Waals surface area contributed by atoms with Gasteiger partial charge in [0.05, 0.1) is 18.0 Å². The van der Waals surface area contributed by atoms with E-state index in [4.69, 9.17) is 4.74 Å².